The van der Waals surface area contributed by atoms with Crippen LogP contribution in [0.5, 0.6) is 0 Å². The fourth-order valence-electron chi connectivity index (χ4n) is 2.53. The molecule has 1 heterocycles. The highest BCUT2D eigenvalue weighted by Gasteiger charge is 2.19. The van der Waals surface area contributed by atoms with Crippen LogP contribution in [-0.2, 0) is 0 Å². The molecule has 1 unspecified atom stereocenters. The normalized spacial score (nSPS) is 12.8. The molecule has 1 N–H and O–H groups in total. The molecule has 0 saturated heterocycles. The van der Waals surface area contributed by atoms with E-state index in [2.05, 4.69) is 21.2 Å². The van der Waals surface area contributed by atoms with Gasteiger partial charge in [-0.05, 0) is 46.1 Å². The van der Waals surface area contributed by atoms with Crippen molar-refractivity contribution in [3.8, 4) is 0 Å². The van der Waals surface area contributed by atoms with Crippen molar-refractivity contribution in [3.63, 3.8) is 0 Å². The van der Waals surface area contributed by atoms with E-state index in [-0.39, 0.29) is 11.9 Å². The summed E-state index contributed by atoms with van der Waals surface area (Å²) in [5.41, 5.74) is 2.01. The van der Waals surface area contributed by atoms with E-state index in [1.165, 1.54) is 6.07 Å². The van der Waals surface area contributed by atoms with Crippen molar-refractivity contribution in [2.75, 3.05) is 7.05 Å². The fourth-order valence-corrected chi connectivity index (χ4v) is 3.00. The zero-order valence-electron chi connectivity index (χ0n) is 10.9. The van der Waals surface area contributed by atoms with Crippen LogP contribution in [0.4, 0.5) is 4.39 Å². The number of furan rings is 1. The highest BCUT2D eigenvalue weighted by atomic mass is 79.9. The first-order chi connectivity index (χ1) is 9.72. The van der Waals surface area contributed by atoms with Crippen LogP contribution >= 0.6 is 15.9 Å². The largest absolute Gasteiger partial charge is 0.457 e. The van der Waals surface area contributed by atoms with E-state index in [4.69, 9.17) is 4.42 Å². The molecule has 3 rings (SSSR count). The topological polar surface area (TPSA) is 25.2 Å². The Kier molecular flexibility index (Phi) is 3.59. The molecule has 0 aliphatic rings. The average Bonchev–Trinajstić information content (AvgIpc) is 2.89. The van der Waals surface area contributed by atoms with Crippen LogP contribution in [-0.4, -0.2) is 7.05 Å². The van der Waals surface area contributed by atoms with Crippen LogP contribution in [0.25, 0.3) is 10.8 Å². The minimum atomic E-state index is -0.203. The number of benzene rings is 2. The molecule has 0 spiro atoms. The maximum absolute atomic E-state index is 13.9. The van der Waals surface area contributed by atoms with E-state index in [0.717, 1.165) is 16.5 Å². The molecule has 1 atom stereocenters. The molecule has 0 bridgehead atoms. The minimum Gasteiger partial charge on any atom is -0.457 e. The van der Waals surface area contributed by atoms with Gasteiger partial charge in [-0.3, -0.25) is 0 Å². The molecule has 4 heteroatoms. The van der Waals surface area contributed by atoms with Gasteiger partial charge in [0.05, 0.1) is 12.3 Å². The second kappa shape index (κ2) is 5.38. The van der Waals surface area contributed by atoms with Crippen LogP contribution < -0.4 is 5.32 Å². The van der Waals surface area contributed by atoms with Crippen LogP contribution in [0.1, 0.15) is 17.2 Å². The quantitative estimate of drug-likeness (QED) is 0.755. The summed E-state index contributed by atoms with van der Waals surface area (Å²) in [5.74, 6) is -0.203. The summed E-state index contributed by atoms with van der Waals surface area (Å²) in [6.45, 7) is 0. The SMILES string of the molecule is CNC(c1ccoc1Br)c1ccc(F)c2ccccc12. The predicted molar refractivity (Wildman–Crippen MR) is 81.2 cm³/mol. The Balaban J connectivity index is 2.23. The summed E-state index contributed by atoms with van der Waals surface area (Å²) >= 11 is 3.40. The zero-order valence-corrected chi connectivity index (χ0v) is 12.4. The first-order valence-electron chi connectivity index (χ1n) is 6.29. The molecule has 0 aliphatic heterocycles. The van der Waals surface area contributed by atoms with E-state index in [0.29, 0.717) is 10.1 Å². The molecule has 2 nitrogen and oxygen atoms in total. The van der Waals surface area contributed by atoms with E-state index in [1.54, 1.807) is 12.3 Å². The third kappa shape index (κ3) is 2.15. The van der Waals surface area contributed by atoms with Crippen molar-refractivity contribution >= 4 is 26.7 Å². The van der Waals surface area contributed by atoms with Gasteiger partial charge in [0, 0.05) is 10.9 Å². The molecule has 20 heavy (non-hydrogen) atoms. The second-order valence-corrected chi connectivity index (χ2v) is 5.27. The van der Waals surface area contributed by atoms with E-state index in [9.17, 15) is 4.39 Å². The lowest BCUT2D eigenvalue weighted by Crippen LogP contribution is -2.18. The number of hydrogen-bond acceptors (Lipinski definition) is 2. The van der Waals surface area contributed by atoms with Gasteiger partial charge in [-0.1, -0.05) is 30.3 Å². The van der Waals surface area contributed by atoms with Gasteiger partial charge in [0.25, 0.3) is 0 Å². The smallest absolute Gasteiger partial charge is 0.174 e. The molecule has 0 saturated carbocycles. The number of hydrogen-bond donors (Lipinski definition) is 1. The summed E-state index contributed by atoms with van der Waals surface area (Å²) in [4.78, 5) is 0. The minimum absolute atomic E-state index is 0.0615. The third-order valence-electron chi connectivity index (χ3n) is 3.46. The van der Waals surface area contributed by atoms with Gasteiger partial charge in [0.2, 0.25) is 0 Å². The third-order valence-corrected chi connectivity index (χ3v) is 4.11. The van der Waals surface area contributed by atoms with Crippen LogP contribution in [0.3, 0.4) is 0 Å². The van der Waals surface area contributed by atoms with Crippen molar-refractivity contribution in [2.24, 2.45) is 0 Å². The number of nitrogens with one attached hydrogen (secondary N) is 1. The van der Waals surface area contributed by atoms with E-state index in [1.807, 2.05) is 37.4 Å². The number of fused-ring (bicyclic) bond motifs is 1. The first kappa shape index (κ1) is 13.3. The monoisotopic (exact) mass is 333 g/mol. The summed E-state index contributed by atoms with van der Waals surface area (Å²) in [7, 11) is 1.88. The van der Waals surface area contributed by atoms with Crippen molar-refractivity contribution in [3.05, 3.63) is 70.3 Å². The molecule has 1 aromatic heterocycles. The predicted octanol–water partition coefficient (Wildman–Crippen LogP) is 4.64. The molecule has 0 radical (unpaired) electrons. The maximum atomic E-state index is 13.9. The summed E-state index contributed by atoms with van der Waals surface area (Å²) in [6.07, 6.45) is 1.63. The summed E-state index contributed by atoms with van der Waals surface area (Å²) < 4.78 is 19.9. The van der Waals surface area contributed by atoms with Gasteiger partial charge in [0.15, 0.2) is 4.67 Å². The van der Waals surface area contributed by atoms with Crippen molar-refractivity contribution in [2.45, 2.75) is 6.04 Å². The Morgan fingerprint density at radius 3 is 2.45 bits per heavy atom. The highest BCUT2D eigenvalue weighted by molar-refractivity contribution is 9.10. The van der Waals surface area contributed by atoms with Crippen LogP contribution in [0.15, 0.2) is 57.8 Å². The molecular formula is C16H13BrFNO. The summed E-state index contributed by atoms with van der Waals surface area (Å²) in [6, 6.07) is 12.7. The Hall–Kier alpha value is -1.65. The van der Waals surface area contributed by atoms with E-state index < -0.39 is 0 Å². The Bertz CT molecular complexity index is 753. The molecule has 0 fully saturated rings. The lowest BCUT2D eigenvalue weighted by Gasteiger charge is -2.18. The van der Waals surface area contributed by atoms with Crippen LogP contribution in [0.2, 0.25) is 0 Å². The fraction of sp³-hybridized carbons (Fsp3) is 0.125. The second-order valence-electron chi connectivity index (χ2n) is 4.55. The van der Waals surface area contributed by atoms with Crippen LogP contribution in [0, 0.1) is 5.82 Å². The van der Waals surface area contributed by atoms with Gasteiger partial charge >= 0.3 is 0 Å². The molecule has 0 amide bonds. The average molecular weight is 334 g/mol. The van der Waals surface area contributed by atoms with Gasteiger partial charge in [-0.2, -0.15) is 0 Å². The maximum Gasteiger partial charge on any atom is 0.174 e. The molecule has 102 valence electrons. The molecule has 2 aromatic carbocycles. The number of rotatable bonds is 3. The van der Waals surface area contributed by atoms with Gasteiger partial charge in [-0.15, -0.1) is 0 Å². The Labute approximate surface area is 124 Å². The Morgan fingerprint density at radius 1 is 1.05 bits per heavy atom. The lowest BCUT2D eigenvalue weighted by molar-refractivity contribution is 0.530. The zero-order chi connectivity index (χ0) is 14.1. The van der Waals surface area contributed by atoms with Crippen molar-refractivity contribution in [1.29, 1.82) is 0 Å². The van der Waals surface area contributed by atoms with Gasteiger partial charge in [-0.25, -0.2) is 4.39 Å². The molecular weight excluding hydrogens is 321 g/mol. The lowest BCUT2D eigenvalue weighted by atomic mass is 9.95. The van der Waals surface area contributed by atoms with Gasteiger partial charge < -0.3 is 9.73 Å². The molecule has 3 aromatic rings. The number of halogens is 2. The standard InChI is InChI=1S/C16H13BrFNO/c1-19-15(13-8-9-20-16(13)17)12-6-7-14(18)11-5-3-2-4-10(11)12/h2-9,15,19H,1H3. The summed E-state index contributed by atoms with van der Waals surface area (Å²) in [5, 5.41) is 4.79. The van der Waals surface area contributed by atoms with E-state index >= 15 is 0 Å². The van der Waals surface area contributed by atoms with Crippen molar-refractivity contribution < 1.29 is 8.81 Å². The first-order valence-corrected chi connectivity index (χ1v) is 7.09. The highest BCUT2D eigenvalue weighted by Crippen LogP contribution is 2.33. The molecule has 0 aliphatic carbocycles. The van der Waals surface area contributed by atoms with Crippen molar-refractivity contribution in [1.82, 2.24) is 5.32 Å². The van der Waals surface area contributed by atoms with Gasteiger partial charge in [0.1, 0.15) is 5.82 Å². The Morgan fingerprint density at radius 2 is 1.80 bits per heavy atom.